The van der Waals surface area contributed by atoms with Crippen LogP contribution in [0.1, 0.15) is 36.8 Å². The summed E-state index contributed by atoms with van der Waals surface area (Å²) in [5.74, 6) is 6.13. The first kappa shape index (κ1) is 20.7. The van der Waals surface area contributed by atoms with Crippen LogP contribution in [0.4, 0.5) is 5.69 Å². The molecule has 0 bridgehead atoms. The van der Waals surface area contributed by atoms with Gasteiger partial charge in [0.25, 0.3) is 0 Å². The number of aryl methyl sites for hydroxylation is 1. The van der Waals surface area contributed by atoms with Crippen LogP contribution >= 0.6 is 0 Å². The smallest absolute Gasteiger partial charge is 0.129 e. The Morgan fingerprint density at radius 2 is 2.22 bits per heavy atom. The van der Waals surface area contributed by atoms with Crippen LogP contribution in [0.2, 0.25) is 0 Å². The van der Waals surface area contributed by atoms with Crippen molar-refractivity contribution in [1.29, 1.82) is 0 Å². The molecule has 0 amide bonds. The van der Waals surface area contributed by atoms with Gasteiger partial charge >= 0.3 is 0 Å². The van der Waals surface area contributed by atoms with Gasteiger partial charge in [-0.1, -0.05) is 36.1 Å². The molecular weight excluding hydrogens is 332 g/mol. The quantitative estimate of drug-likeness (QED) is 0.301. The molecule has 1 aromatic rings. The highest BCUT2D eigenvalue weighted by Gasteiger charge is 2.22. The lowest BCUT2D eigenvalue weighted by atomic mass is 9.95. The van der Waals surface area contributed by atoms with E-state index in [1.54, 1.807) is 13.1 Å². The summed E-state index contributed by atoms with van der Waals surface area (Å²) in [5, 5.41) is 0. The Morgan fingerprint density at radius 1 is 1.41 bits per heavy atom. The summed E-state index contributed by atoms with van der Waals surface area (Å²) in [4.78, 5) is 6.41. The highest BCUT2D eigenvalue weighted by molar-refractivity contribution is 6.02. The van der Waals surface area contributed by atoms with E-state index >= 15 is 0 Å². The standard InChI is InChI=1S/C24H30N2O/c1-6-7-8-9-12-21(18-25-4)20(3)22-17-19(2)14-15-23(22)26(5)24-13-10-11-16-27-24/h6,12,14-15,17-18,24H,1,3,7,10-11,13,16H2,2,4-5H3/b21-12+,25-18?. The van der Waals surface area contributed by atoms with Crippen molar-refractivity contribution in [3.63, 3.8) is 0 Å². The van der Waals surface area contributed by atoms with Crippen LogP contribution in [0.15, 0.2) is 54.1 Å². The summed E-state index contributed by atoms with van der Waals surface area (Å²) >= 11 is 0. The van der Waals surface area contributed by atoms with Crippen molar-refractivity contribution in [3.05, 3.63) is 60.2 Å². The van der Waals surface area contributed by atoms with E-state index in [2.05, 4.69) is 67.1 Å². The molecule has 0 saturated carbocycles. The lowest BCUT2D eigenvalue weighted by molar-refractivity contribution is 0.0174. The lowest BCUT2D eigenvalue weighted by Gasteiger charge is -2.34. The molecule has 27 heavy (non-hydrogen) atoms. The summed E-state index contributed by atoms with van der Waals surface area (Å²) in [7, 11) is 3.86. The Hall–Kier alpha value is -2.57. The van der Waals surface area contributed by atoms with Gasteiger partial charge in [0.15, 0.2) is 0 Å². The summed E-state index contributed by atoms with van der Waals surface area (Å²) in [6.07, 6.45) is 9.63. The largest absolute Gasteiger partial charge is 0.358 e. The minimum Gasteiger partial charge on any atom is -0.358 e. The van der Waals surface area contributed by atoms with Gasteiger partial charge in [-0.2, -0.15) is 0 Å². The molecule has 142 valence electrons. The van der Waals surface area contributed by atoms with Crippen LogP contribution in [0.3, 0.4) is 0 Å². The van der Waals surface area contributed by atoms with Crippen LogP contribution < -0.4 is 4.90 Å². The van der Waals surface area contributed by atoms with Crippen molar-refractivity contribution >= 4 is 17.5 Å². The van der Waals surface area contributed by atoms with Crippen molar-refractivity contribution in [1.82, 2.24) is 0 Å². The average molecular weight is 363 g/mol. The van der Waals surface area contributed by atoms with E-state index in [0.717, 1.165) is 41.8 Å². The molecule has 0 spiro atoms. The van der Waals surface area contributed by atoms with Crippen molar-refractivity contribution in [2.45, 2.75) is 38.8 Å². The summed E-state index contributed by atoms with van der Waals surface area (Å²) < 4.78 is 5.98. The minimum atomic E-state index is 0.104. The molecule has 2 rings (SSSR count). The third-order valence-electron chi connectivity index (χ3n) is 4.64. The van der Waals surface area contributed by atoms with Gasteiger partial charge in [0.05, 0.1) is 0 Å². The number of benzene rings is 1. The molecule has 1 aliphatic heterocycles. The predicted octanol–water partition coefficient (Wildman–Crippen LogP) is 5.18. The second-order valence-electron chi connectivity index (χ2n) is 6.73. The Kier molecular flexibility index (Phi) is 8.10. The highest BCUT2D eigenvalue weighted by Crippen LogP contribution is 2.33. The zero-order valence-corrected chi connectivity index (χ0v) is 16.8. The monoisotopic (exact) mass is 362 g/mol. The molecule has 3 nitrogen and oxygen atoms in total. The number of rotatable bonds is 6. The van der Waals surface area contributed by atoms with Crippen LogP contribution in [0.5, 0.6) is 0 Å². The van der Waals surface area contributed by atoms with E-state index in [0.29, 0.717) is 6.42 Å². The van der Waals surface area contributed by atoms with Gasteiger partial charge in [-0.05, 0) is 50.0 Å². The Bertz CT molecular complexity index is 786. The third-order valence-corrected chi connectivity index (χ3v) is 4.64. The number of aliphatic imine (C=N–C) groups is 1. The maximum Gasteiger partial charge on any atom is 0.129 e. The molecule has 0 aliphatic carbocycles. The highest BCUT2D eigenvalue weighted by atomic mass is 16.5. The maximum absolute atomic E-state index is 5.98. The molecule has 1 fully saturated rings. The Balaban J connectivity index is 2.39. The second kappa shape index (κ2) is 10.5. The van der Waals surface area contributed by atoms with E-state index in [1.165, 1.54) is 12.0 Å². The van der Waals surface area contributed by atoms with E-state index in [9.17, 15) is 0 Å². The van der Waals surface area contributed by atoms with E-state index in [-0.39, 0.29) is 6.23 Å². The number of ether oxygens (including phenoxy) is 1. The number of anilines is 1. The van der Waals surface area contributed by atoms with Gasteiger partial charge in [-0.15, -0.1) is 6.58 Å². The van der Waals surface area contributed by atoms with Crippen LogP contribution in [0.25, 0.3) is 5.57 Å². The molecule has 3 heteroatoms. The van der Waals surface area contributed by atoms with Crippen molar-refractivity contribution < 1.29 is 4.74 Å². The molecule has 1 heterocycles. The fraction of sp³-hybridized carbons (Fsp3) is 0.375. The lowest BCUT2D eigenvalue weighted by Crippen LogP contribution is -2.37. The number of hydrogen-bond donors (Lipinski definition) is 0. The van der Waals surface area contributed by atoms with Crippen LogP contribution in [-0.4, -0.2) is 33.1 Å². The number of allylic oxidation sites excluding steroid dienone is 4. The van der Waals surface area contributed by atoms with Crippen LogP contribution in [0, 0.1) is 18.8 Å². The Labute approximate surface area is 164 Å². The Morgan fingerprint density at radius 3 is 2.89 bits per heavy atom. The first-order valence-electron chi connectivity index (χ1n) is 9.44. The van der Waals surface area contributed by atoms with Crippen molar-refractivity contribution in [3.8, 4) is 11.8 Å². The fourth-order valence-corrected chi connectivity index (χ4v) is 3.14. The molecule has 1 atom stereocenters. The molecule has 0 aromatic heterocycles. The normalized spacial score (nSPS) is 17.3. The zero-order chi connectivity index (χ0) is 19.6. The van der Waals surface area contributed by atoms with E-state index in [4.69, 9.17) is 4.74 Å². The van der Waals surface area contributed by atoms with Gasteiger partial charge in [0.2, 0.25) is 0 Å². The van der Waals surface area contributed by atoms with Crippen molar-refractivity contribution in [2.24, 2.45) is 4.99 Å². The third kappa shape index (κ3) is 5.70. The van der Waals surface area contributed by atoms with E-state index in [1.807, 2.05) is 12.3 Å². The fourth-order valence-electron chi connectivity index (χ4n) is 3.14. The molecule has 1 saturated heterocycles. The second-order valence-corrected chi connectivity index (χ2v) is 6.73. The molecule has 1 aromatic carbocycles. The van der Waals surface area contributed by atoms with Gasteiger partial charge in [-0.3, -0.25) is 4.99 Å². The van der Waals surface area contributed by atoms with Gasteiger partial charge in [0.1, 0.15) is 6.23 Å². The molecular formula is C24H30N2O. The maximum atomic E-state index is 5.98. The topological polar surface area (TPSA) is 24.8 Å². The first-order chi connectivity index (χ1) is 13.1. The van der Waals surface area contributed by atoms with Gasteiger partial charge in [0, 0.05) is 50.2 Å². The first-order valence-corrected chi connectivity index (χ1v) is 9.44. The molecule has 1 unspecified atom stereocenters. The molecule has 1 aliphatic rings. The summed E-state index contributed by atoms with van der Waals surface area (Å²) in [6.45, 7) is 11.0. The summed E-state index contributed by atoms with van der Waals surface area (Å²) in [5.41, 5.74) is 5.22. The van der Waals surface area contributed by atoms with E-state index < -0.39 is 0 Å². The zero-order valence-electron chi connectivity index (χ0n) is 16.8. The molecule has 0 N–H and O–H groups in total. The SMILES string of the molecule is C=CCC#C/C=C(\C=NC)C(=C)c1cc(C)ccc1N(C)C1CCCCO1. The van der Waals surface area contributed by atoms with Crippen LogP contribution in [-0.2, 0) is 4.74 Å². The summed E-state index contributed by atoms with van der Waals surface area (Å²) in [6, 6.07) is 6.45. The average Bonchev–Trinajstić information content (AvgIpc) is 2.70. The number of hydrogen-bond acceptors (Lipinski definition) is 3. The minimum absolute atomic E-state index is 0.104. The van der Waals surface area contributed by atoms with Gasteiger partial charge in [-0.25, -0.2) is 0 Å². The predicted molar refractivity (Wildman–Crippen MR) is 117 cm³/mol. The molecule has 0 radical (unpaired) electrons. The van der Waals surface area contributed by atoms with Gasteiger partial charge < -0.3 is 9.64 Å². The number of nitrogens with zero attached hydrogens (tertiary/aromatic N) is 2. The van der Waals surface area contributed by atoms with Crippen molar-refractivity contribution in [2.75, 3.05) is 25.6 Å².